The van der Waals surface area contributed by atoms with E-state index >= 15 is 0 Å². The van der Waals surface area contributed by atoms with Crippen molar-refractivity contribution in [2.45, 2.75) is 32.4 Å². The summed E-state index contributed by atoms with van der Waals surface area (Å²) in [6.45, 7) is 1.80. The first-order chi connectivity index (χ1) is 8.43. The molecular formula is C11H13F3N2O2. The summed E-state index contributed by atoms with van der Waals surface area (Å²) in [6.07, 6.45) is -4.16. The minimum Gasteiger partial charge on any atom is -0.461 e. The summed E-state index contributed by atoms with van der Waals surface area (Å²) in [6, 6.07) is 0. The Balaban J connectivity index is 2.24. The second kappa shape index (κ2) is 4.62. The van der Waals surface area contributed by atoms with Gasteiger partial charge in [0, 0.05) is 11.3 Å². The Morgan fingerprint density at radius 2 is 2.28 bits per heavy atom. The highest BCUT2D eigenvalue weighted by Gasteiger charge is 2.42. The normalized spacial score (nSPS) is 19.4. The highest BCUT2D eigenvalue weighted by Crippen LogP contribution is 2.37. The molecule has 1 unspecified atom stereocenters. The Bertz CT molecular complexity index is 454. The Labute approximate surface area is 102 Å². The van der Waals surface area contributed by atoms with Gasteiger partial charge in [0.15, 0.2) is 5.69 Å². The van der Waals surface area contributed by atoms with Crippen LogP contribution in [0.1, 0.15) is 35.1 Å². The number of aryl methyl sites for hydroxylation is 1. The van der Waals surface area contributed by atoms with Crippen molar-refractivity contribution in [2.75, 3.05) is 6.61 Å². The number of hydrogen-bond acceptors (Lipinski definition) is 3. The number of alkyl halides is 3. The Morgan fingerprint density at radius 1 is 1.56 bits per heavy atom. The minimum absolute atomic E-state index is 0.0131. The van der Waals surface area contributed by atoms with Gasteiger partial charge in [-0.2, -0.15) is 18.3 Å². The lowest BCUT2D eigenvalue weighted by atomic mass is 9.86. The fraction of sp³-hybridized carbons (Fsp3) is 0.636. The third-order valence-electron chi connectivity index (χ3n) is 3.08. The first-order valence-corrected chi connectivity index (χ1v) is 5.73. The Morgan fingerprint density at radius 3 is 2.89 bits per heavy atom. The summed E-state index contributed by atoms with van der Waals surface area (Å²) in [4.78, 5) is 11.5. The van der Waals surface area contributed by atoms with Crippen LogP contribution in [0, 0.1) is 5.92 Å². The van der Waals surface area contributed by atoms with Crippen LogP contribution in [0.25, 0.3) is 0 Å². The average Bonchev–Trinajstić information content (AvgIpc) is 2.70. The number of carbonyl (C=O) groups is 1. The van der Waals surface area contributed by atoms with Gasteiger partial charge in [0.1, 0.15) is 0 Å². The number of H-pyrrole nitrogens is 1. The van der Waals surface area contributed by atoms with E-state index in [9.17, 15) is 18.0 Å². The molecule has 1 atom stereocenters. The largest absolute Gasteiger partial charge is 0.461 e. The van der Waals surface area contributed by atoms with Crippen LogP contribution < -0.4 is 0 Å². The molecule has 1 aromatic heterocycles. The van der Waals surface area contributed by atoms with Gasteiger partial charge in [0.25, 0.3) is 0 Å². The van der Waals surface area contributed by atoms with Crippen molar-refractivity contribution in [2.24, 2.45) is 5.92 Å². The maximum atomic E-state index is 12.7. The van der Waals surface area contributed by atoms with Crippen molar-refractivity contribution in [3.05, 3.63) is 17.0 Å². The van der Waals surface area contributed by atoms with Crippen LogP contribution in [0.15, 0.2) is 0 Å². The SMILES string of the molecule is CCOC(=O)c1n[nH]c2c1CC(C(F)(F)F)CC2. The van der Waals surface area contributed by atoms with E-state index in [1.54, 1.807) is 6.92 Å². The molecule has 7 heteroatoms. The van der Waals surface area contributed by atoms with Crippen molar-refractivity contribution < 1.29 is 22.7 Å². The molecule has 4 nitrogen and oxygen atoms in total. The number of hydrogen-bond donors (Lipinski definition) is 1. The molecule has 100 valence electrons. The minimum atomic E-state index is -4.24. The summed E-state index contributed by atoms with van der Waals surface area (Å²) in [5, 5.41) is 6.39. The van der Waals surface area contributed by atoms with Crippen molar-refractivity contribution >= 4 is 5.97 Å². The first-order valence-electron chi connectivity index (χ1n) is 5.73. The lowest BCUT2D eigenvalue weighted by molar-refractivity contribution is -0.177. The van der Waals surface area contributed by atoms with E-state index in [2.05, 4.69) is 10.2 Å². The van der Waals surface area contributed by atoms with Gasteiger partial charge in [-0.15, -0.1) is 0 Å². The molecule has 0 aromatic carbocycles. The molecule has 1 aromatic rings. The lowest BCUT2D eigenvalue weighted by Gasteiger charge is -2.24. The summed E-state index contributed by atoms with van der Waals surface area (Å²) in [5.41, 5.74) is 0.946. The summed E-state index contributed by atoms with van der Waals surface area (Å²) in [5.74, 6) is -2.08. The number of carbonyl (C=O) groups excluding carboxylic acids is 1. The quantitative estimate of drug-likeness (QED) is 0.832. The highest BCUT2D eigenvalue weighted by atomic mass is 19.4. The van der Waals surface area contributed by atoms with Crippen LogP contribution in [0.4, 0.5) is 13.2 Å². The average molecular weight is 262 g/mol. The predicted molar refractivity (Wildman–Crippen MR) is 56.1 cm³/mol. The predicted octanol–water partition coefficient (Wildman–Crippen LogP) is 2.25. The first kappa shape index (κ1) is 12.9. The van der Waals surface area contributed by atoms with E-state index in [0.29, 0.717) is 11.3 Å². The number of aromatic nitrogens is 2. The molecule has 0 bridgehead atoms. The molecule has 0 saturated heterocycles. The zero-order chi connectivity index (χ0) is 13.3. The Hall–Kier alpha value is -1.53. The topological polar surface area (TPSA) is 55.0 Å². The molecule has 1 heterocycles. The third-order valence-corrected chi connectivity index (χ3v) is 3.08. The van der Waals surface area contributed by atoms with Crippen LogP contribution in [0.3, 0.4) is 0 Å². The molecule has 0 amide bonds. The second-order valence-electron chi connectivity index (χ2n) is 4.23. The maximum Gasteiger partial charge on any atom is 0.392 e. The molecule has 1 aliphatic carbocycles. The van der Waals surface area contributed by atoms with Crippen molar-refractivity contribution in [1.82, 2.24) is 10.2 Å². The van der Waals surface area contributed by atoms with Crippen molar-refractivity contribution in [3.8, 4) is 0 Å². The van der Waals surface area contributed by atoms with Gasteiger partial charge in [0.2, 0.25) is 0 Å². The molecule has 0 radical (unpaired) electrons. The third kappa shape index (κ3) is 2.34. The number of ether oxygens (including phenoxy) is 1. The van der Waals surface area contributed by atoms with Crippen LogP contribution in [-0.4, -0.2) is 28.9 Å². The van der Waals surface area contributed by atoms with Gasteiger partial charge in [-0.3, -0.25) is 5.10 Å². The molecule has 1 N–H and O–H groups in total. The van der Waals surface area contributed by atoms with E-state index in [1.165, 1.54) is 0 Å². The van der Waals surface area contributed by atoms with Gasteiger partial charge in [-0.25, -0.2) is 4.79 Å². The molecular weight excluding hydrogens is 249 g/mol. The number of esters is 1. The zero-order valence-electron chi connectivity index (χ0n) is 9.80. The van der Waals surface area contributed by atoms with Gasteiger partial charge in [-0.1, -0.05) is 0 Å². The fourth-order valence-corrected chi connectivity index (χ4v) is 2.14. The number of halogens is 3. The van der Waals surface area contributed by atoms with Crippen LogP contribution in [0.2, 0.25) is 0 Å². The highest BCUT2D eigenvalue weighted by molar-refractivity contribution is 5.89. The van der Waals surface area contributed by atoms with Crippen LogP contribution >= 0.6 is 0 Å². The molecule has 0 spiro atoms. The number of nitrogens with zero attached hydrogens (tertiary/aromatic N) is 1. The molecule has 0 aliphatic heterocycles. The zero-order valence-corrected chi connectivity index (χ0v) is 9.80. The summed E-state index contributed by atoms with van der Waals surface area (Å²) >= 11 is 0. The number of fused-ring (bicyclic) bond motifs is 1. The molecule has 0 fully saturated rings. The monoisotopic (exact) mass is 262 g/mol. The standard InChI is InChI=1S/C11H13F3N2O2/c1-2-18-10(17)9-7-5-6(11(12,13)14)3-4-8(7)15-16-9/h6H,2-5H2,1H3,(H,15,16). The van der Waals surface area contributed by atoms with E-state index in [-0.39, 0.29) is 31.6 Å². The number of aromatic amines is 1. The van der Waals surface area contributed by atoms with Crippen molar-refractivity contribution in [1.29, 1.82) is 0 Å². The Kier molecular flexibility index (Phi) is 3.32. The second-order valence-corrected chi connectivity index (χ2v) is 4.23. The van der Waals surface area contributed by atoms with E-state index in [0.717, 1.165) is 0 Å². The smallest absolute Gasteiger partial charge is 0.392 e. The molecule has 2 rings (SSSR count). The van der Waals surface area contributed by atoms with Crippen LogP contribution in [-0.2, 0) is 17.6 Å². The van der Waals surface area contributed by atoms with Gasteiger partial charge in [0.05, 0.1) is 12.5 Å². The lowest BCUT2D eigenvalue weighted by Crippen LogP contribution is -2.29. The molecule has 1 aliphatic rings. The molecule has 18 heavy (non-hydrogen) atoms. The number of rotatable bonds is 2. The fourth-order valence-electron chi connectivity index (χ4n) is 2.14. The molecule has 0 saturated carbocycles. The van der Waals surface area contributed by atoms with E-state index in [4.69, 9.17) is 4.74 Å². The van der Waals surface area contributed by atoms with E-state index < -0.39 is 18.1 Å². The van der Waals surface area contributed by atoms with E-state index in [1.807, 2.05) is 0 Å². The van der Waals surface area contributed by atoms with Gasteiger partial charge < -0.3 is 4.74 Å². The van der Waals surface area contributed by atoms with Crippen LogP contribution in [0.5, 0.6) is 0 Å². The number of nitrogens with one attached hydrogen (secondary N) is 1. The van der Waals surface area contributed by atoms with Gasteiger partial charge in [-0.05, 0) is 26.2 Å². The summed E-state index contributed by atoms with van der Waals surface area (Å²) < 4.78 is 42.8. The summed E-state index contributed by atoms with van der Waals surface area (Å²) in [7, 11) is 0. The van der Waals surface area contributed by atoms with Gasteiger partial charge >= 0.3 is 12.1 Å². The van der Waals surface area contributed by atoms with Crippen molar-refractivity contribution in [3.63, 3.8) is 0 Å². The maximum absolute atomic E-state index is 12.7.